The summed E-state index contributed by atoms with van der Waals surface area (Å²) in [6.45, 7) is -1.49. The van der Waals surface area contributed by atoms with Crippen molar-refractivity contribution in [1.82, 2.24) is 10.6 Å². The minimum atomic E-state index is -2.39. The Labute approximate surface area is 205 Å². The van der Waals surface area contributed by atoms with Gasteiger partial charge in [-0.15, -0.1) is 0 Å². The molecular formula is C15H17I3N2O9. The number of carboxylic acids is 2. The maximum absolute atomic E-state index is 13.0. The maximum Gasteiger partial charge on any atom is 0.333 e. The van der Waals surface area contributed by atoms with Crippen LogP contribution in [0.2, 0.25) is 0 Å². The van der Waals surface area contributed by atoms with Gasteiger partial charge >= 0.3 is 11.9 Å². The second-order valence-corrected chi connectivity index (χ2v) is 9.13. The number of ether oxygens (including phenoxy) is 1. The number of allylic oxidation sites excluding steroid dienone is 1. The number of aliphatic hydroxyl groups excluding tert-OH is 2. The number of aliphatic carboxylic acids is 2. The predicted molar refractivity (Wildman–Crippen MR) is 124 cm³/mol. The normalized spacial score (nSPS) is 22.9. The van der Waals surface area contributed by atoms with E-state index in [1.807, 2.05) is 0 Å². The van der Waals surface area contributed by atoms with Crippen LogP contribution in [0.1, 0.15) is 0 Å². The highest BCUT2D eigenvalue weighted by molar-refractivity contribution is 14.1. The van der Waals surface area contributed by atoms with Crippen molar-refractivity contribution in [2.24, 2.45) is 5.41 Å². The monoisotopic (exact) mass is 750 g/mol. The fraction of sp³-hybridized carbons (Fsp3) is 0.467. The van der Waals surface area contributed by atoms with Crippen molar-refractivity contribution in [3.05, 3.63) is 18.4 Å². The zero-order chi connectivity index (χ0) is 22.5. The molecule has 0 heterocycles. The molecule has 6 N–H and O–H groups in total. The number of hydrogen-bond donors (Lipinski definition) is 6. The van der Waals surface area contributed by atoms with Crippen molar-refractivity contribution in [3.8, 4) is 0 Å². The Balaban J connectivity index is 3.66. The van der Waals surface area contributed by atoms with E-state index in [1.54, 1.807) is 67.8 Å². The molecular weight excluding hydrogens is 733 g/mol. The van der Waals surface area contributed by atoms with Crippen LogP contribution in [0.3, 0.4) is 0 Å². The molecule has 0 aromatic carbocycles. The van der Waals surface area contributed by atoms with Crippen LogP contribution in [-0.4, -0.2) is 81.1 Å². The van der Waals surface area contributed by atoms with Crippen molar-refractivity contribution in [2.75, 3.05) is 26.9 Å². The molecule has 1 aliphatic rings. The molecule has 0 fully saturated rings. The number of rotatable bonds is 9. The summed E-state index contributed by atoms with van der Waals surface area (Å²) >= 11 is 4.82. The molecule has 0 aromatic heterocycles. The van der Waals surface area contributed by atoms with Crippen LogP contribution >= 0.6 is 67.8 Å². The Morgan fingerprint density at radius 1 is 1.24 bits per heavy atom. The number of methoxy groups -OCH3 is 1. The van der Waals surface area contributed by atoms with Crippen LogP contribution < -0.4 is 10.6 Å². The number of hydrogen-bond acceptors (Lipinski definition) is 7. The number of alkyl halides is 1. The van der Waals surface area contributed by atoms with E-state index >= 15 is 0 Å². The number of carbonyl (C=O) groups excluding carboxylic acids is 2. The molecule has 3 atom stereocenters. The highest BCUT2D eigenvalue weighted by Gasteiger charge is 2.60. The van der Waals surface area contributed by atoms with E-state index in [2.05, 4.69) is 10.6 Å². The number of amides is 2. The standard InChI is InChI=1S/C15H17I3N2O9/c1-29-4-6(23)20-9-8(16)7(12(24)25)10(17)15(11(9)18,14(27)28)13(26)19-2-5(22)3-21/h5,10,21-22H,2-4H2,1H3,(H,19,26)(H,20,23)(H,24,25)(H,27,28). The molecule has 11 nitrogen and oxygen atoms in total. The highest BCUT2D eigenvalue weighted by atomic mass is 127. The molecule has 2 amide bonds. The number of carbonyl (C=O) groups is 4. The van der Waals surface area contributed by atoms with Gasteiger partial charge in [0.05, 0.1) is 27.9 Å². The Morgan fingerprint density at radius 2 is 1.83 bits per heavy atom. The third-order valence-corrected chi connectivity index (χ3v) is 7.90. The van der Waals surface area contributed by atoms with Gasteiger partial charge in [0.1, 0.15) is 6.61 Å². The zero-order valence-corrected chi connectivity index (χ0v) is 21.2. The number of halogens is 3. The van der Waals surface area contributed by atoms with Crippen LogP contribution in [0, 0.1) is 5.41 Å². The molecule has 0 radical (unpaired) electrons. The van der Waals surface area contributed by atoms with E-state index in [4.69, 9.17) is 9.84 Å². The summed E-state index contributed by atoms with van der Waals surface area (Å²) in [7, 11) is 1.27. The Morgan fingerprint density at radius 3 is 2.28 bits per heavy atom. The van der Waals surface area contributed by atoms with Gasteiger partial charge in [0.15, 0.2) is 5.41 Å². The molecule has 0 bridgehead atoms. The first kappa shape index (κ1) is 26.5. The van der Waals surface area contributed by atoms with Crippen molar-refractivity contribution >= 4 is 91.5 Å². The molecule has 14 heteroatoms. The van der Waals surface area contributed by atoms with Gasteiger partial charge in [-0.25, -0.2) is 4.79 Å². The van der Waals surface area contributed by atoms with E-state index in [-0.39, 0.29) is 25.0 Å². The highest BCUT2D eigenvalue weighted by Crippen LogP contribution is 2.51. The van der Waals surface area contributed by atoms with E-state index in [0.717, 1.165) is 0 Å². The molecule has 3 unspecified atom stereocenters. The lowest BCUT2D eigenvalue weighted by atomic mass is 9.76. The Hall–Kier alpha value is -0.570. The second-order valence-electron chi connectivity index (χ2n) is 5.73. The second kappa shape index (κ2) is 11.2. The summed E-state index contributed by atoms with van der Waals surface area (Å²) in [5.41, 5.74) is -2.90. The number of carboxylic acid groups (broad SMARTS) is 2. The molecule has 0 aromatic rings. The Kier molecular flexibility index (Phi) is 10.2. The molecule has 162 valence electrons. The van der Waals surface area contributed by atoms with Crippen molar-refractivity contribution < 1.29 is 44.3 Å². The van der Waals surface area contributed by atoms with Gasteiger partial charge in [-0.05, 0) is 45.2 Å². The first-order valence-corrected chi connectivity index (χ1v) is 11.1. The minimum Gasteiger partial charge on any atom is -0.480 e. The maximum atomic E-state index is 13.0. The molecule has 0 spiro atoms. The first-order chi connectivity index (χ1) is 13.5. The van der Waals surface area contributed by atoms with Crippen LogP contribution in [0.5, 0.6) is 0 Å². The summed E-state index contributed by atoms with van der Waals surface area (Å²) in [4.78, 5) is 49.1. The average molecular weight is 750 g/mol. The van der Waals surface area contributed by atoms with E-state index in [1.165, 1.54) is 7.11 Å². The topological polar surface area (TPSA) is 182 Å². The van der Waals surface area contributed by atoms with E-state index < -0.39 is 52.3 Å². The smallest absolute Gasteiger partial charge is 0.333 e. The van der Waals surface area contributed by atoms with Gasteiger partial charge in [0, 0.05) is 20.8 Å². The van der Waals surface area contributed by atoms with Crippen LogP contribution in [0.4, 0.5) is 0 Å². The summed E-state index contributed by atoms with van der Waals surface area (Å²) in [6.07, 6.45) is -1.34. The fourth-order valence-electron chi connectivity index (χ4n) is 2.41. The third kappa shape index (κ3) is 5.38. The number of nitrogens with one attached hydrogen (secondary N) is 2. The third-order valence-electron chi connectivity index (χ3n) is 3.83. The van der Waals surface area contributed by atoms with Gasteiger partial charge in [0.2, 0.25) is 11.8 Å². The van der Waals surface area contributed by atoms with E-state index in [9.17, 15) is 34.5 Å². The summed E-state index contributed by atoms with van der Waals surface area (Å²) < 4.78 is 3.33. The minimum absolute atomic E-state index is 0.0726. The molecule has 0 saturated heterocycles. The largest absolute Gasteiger partial charge is 0.480 e. The van der Waals surface area contributed by atoms with Crippen LogP contribution in [0.15, 0.2) is 18.4 Å². The van der Waals surface area contributed by atoms with Gasteiger partial charge < -0.3 is 35.8 Å². The van der Waals surface area contributed by atoms with E-state index in [0.29, 0.717) is 0 Å². The average Bonchev–Trinajstić information content (AvgIpc) is 2.63. The predicted octanol–water partition coefficient (Wildman–Crippen LogP) is -0.473. The number of aliphatic hydroxyl groups is 2. The van der Waals surface area contributed by atoms with Gasteiger partial charge in [-0.1, -0.05) is 22.6 Å². The molecule has 0 aliphatic heterocycles. The summed E-state index contributed by atoms with van der Waals surface area (Å²) in [6, 6.07) is 0. The van der Waals surface area contributed by atoms with Crippen molar-refractivity contribution in [2.45, 2.75) is 10.0 Å². The van der Waals surface area contributed by atoms with Crippen molar-refractivity contribution in [1.29, 1.82) is 0 Å². The first-order valence-electron chi connectivity index (χ1n) is 7.73. The van der Waals surface area contributed by atoms with Crippen molar-refractivity contribution in [3.63, 3.8) is 0 Å². The molecule has 1 rings (SSSR count). The summed E-state index contributed by atoms with van der Waals surface area (Å²) in [5.74, 6) is -4.86. The van der Waals surface area contributed by atoms with Gasteiger partial charge in [-0.3, -0.25) is 14.4 Å². The lowest BCUT2D eigenvalue weighted by molar-refractivity contribution is -0.152. The van der Waals surface area contributed by atoms with Crippen LogP contribution in [-0.2, 0) is 23.9 Å². The lowest BCUT2D eigenvalue weighted by Gasteiger charge is -2.38. The quantitative estimate of drug-likeness (QED) is 0.103. The van der Waals surface area contributed by atoms with Gasteiger partial charge in [0.25, 0.3) is 0 Å². The zero-order valence-electron chi connectivity index (χ0n) is 14.7. The SMILES string of the molecule is COCC(=O)NC1=C(I)C(C(=O)O)(C(=O)NCC(O)CO)C(I)C(C(=O)O)=C1I. The molecule has 0 saturated carbocycles. The molecule has 29 heavy (non-hydrogen) atoms. The lowest BCUT2D eigenvalue weighted by Crippen LogP contribution is -2.57. The summed E-state index contributed by atoms with van der Waals surface area (Å²) in [5, 5.41) is 42.6. The Bertz CT molecular complexity index is 783. The van der Waals surface area contributed by atoms with Gasteiger partial charge in [-0.2, -0.15) is 0 Å². The van der Waals surface area contributed by atoms with Crippen LogP contribution in [0.25, 0.3) is 0 Å². The fourth-order valence-corrected chi connectivity index (χ4v) is 7.70. The molecule has 1 aliphatic carbocycles.